The summed E-state index contributed by atoms with van der Waals surface area (Å²) in [6.07, 6.45) is -0.243. The van der Waals surface area contributed by atoms with Gasteiger partial charge in [-0.1, -0.05) is 24.3 Å². The van der Waals surface area contributed by atoms with Crippen molar-refractivity contribution in [2.45, 2.75) is 19.3 Å². The van der Waals surface area contributed by atoms with Crippen LogP contribution in [0.1, 0.15) is 17.5 Å². The number of nitrogens with zero attached hydrogens (tertiary/aromatic N) is 3. The van der Waals surface area contributed by atoms with Gasteiger partial charge >= 0.3 is 6.61 Å². The molecule has 1 fully saturated rings. The van der Waals surface area contributed by atoms with Gasteiger partial charge in [-0.2, -0.15) is 8.78 Å². The van der Waals surface area contributed by atoms with E-state index in [1.165, 1.54) is 6.07 Å². The SMILES string of the molecule is Nc1nc(CN2CCOC(c3cccc(OC(F)F)c3)C2)nc2ccccc12. The van der Waals surface area contributed by atoms with Crippen LogP contribution in [0.4, 0.5) is 14.6 Å². The number of anilines is 1. The van der Waals surface area contributed by atoms with E-state index in [4.69, 9.17) is 10.5 Å². The largest absolute Gasteiger partial charge is 0.435 e. The van der Waals surface area contributed by atoms with E-state index in [1.807, 2.05) is 30.3 Å². The molecule has 1 aliphatic heterocycles. The van der Waals surface area contributed by atoms with Gasteiger partial charge in [-0.3, -0.25) is 4.90 Å². The zero-order valence-corrected chi connectivity index (χ0v) is 15.1. The average Bonchev–Trinajstić information content (AvgIpc) is 2.68. The number of halogens is 2. The van der Waals surface area contributed by atoms with E-state index in [9.17, 15) is 8.78 Å². The zero-order chi connectivity index (χ0) is 19.5. The Morgan fingerprint density at radius 2 is 2.04 bits per heavy atom. The highest BCUT2D eigenvalue weighted by Crippen LogP contribution is 2.27. The summed E-state index contributed by atoms with van der Waals surface area (Å²) in [4.78, 5) is 11.2. The van der Waals surface area contributed by atoms with Gasteiger partial charge in [0.2, 0.25) is 0 Å². The Morgan fingerprint density at radius 3 is 2.89 bits per heavy atom. The van der Waals surface area contributed by atoms with Crippen molar-refractivity contribution in [1.82, 2.24) is 14.9 Å². The van der Waals surface area contributed by atoms with Crippen molar-refractivity contribution < 1.29 is 18.3 Å². The number of benzene rings is 2. The second-order valence-electron chi connectivity index (χ2n) is 6.59. The van der Waals surface area contributed by atoms with Crippen molar-refractivity contribution in [2.75, 3.05) is 25.4 Å². The maximum atomic E-state index is 12.5. The molecule has 0 bridgehead atoms. The summed E-state index contributed by atoms with van der Waals surface area (Å²) in [5, 5.41) is 0.835. The summed E-state index contributed by atoms with van der Waals surface area (Å²) in [6.45, 7) is -0.487. The lowest BCUT2D eigenvalue weighted by Crippen LogP contribution is -2.38. The molecular formula is C20H20F2N4O2. The number of para-hydroxylation sites is 1. The number of morpholine rings is 1. The monoisotopic (exact) mass is 386 g/mol. The van der Waals surface area contributed by atoms with Crippen LogP contribution in [0.2, 0.25) is 0 Å². The minimum absolute atomic E-state index is 0.124. The lowest BCUT2D eigenvalue weighted by atomic mass is 10.1. The number of aromatic nitrogens is 2. The molecule has 0 aliphatic carbocycles. The summed E-state index contributed by atoms with van der Waals surface area (Å²) in [5.41, 5.74) is 7.67. The van der Waals surface area contributed by atoms with E-state index in [0.29, 0.717) is 31.3 Å². The van der Waals surface area contributed by atoms with Gasteiger partial charge in [-0.25, -0.2) is 9.97 Å². The summed E-state index contributed by atoms with van der Waals surface area (Å²) in [6, 6.07) is 14.2. The molecule has 0 saturated carbocycles. The predicted molar refractivity (Wildman–Crippen MR) is 101 cm³/mol. The average molecular weight is 386 g/mol. The number of hydrogen-bond acceptors (Lipinski definition) is 6. The fourth-order valence-electron chi connectivity index (χ4n) is 3.36. The van der Waals surface area contributed by atoms with E-state index in [0.717, 1.165) is 23.0 Å². The maximum Gasteiger partial charge on any atom is 0.387 e. The van der Waals surface area contributed by atoms with Gasteiger partial charge in [0, 0.05) is 18.5 Å². The van der Waals surface area contributed by atoms with Gasteiger partial charge in [-0.05, 0) is 29.8 Å². The molecule has 2 aromatic carbocycles. The molecule has 1 aromatic heterocycles. The quantitative estimate of drug-likeness (QED) is 0.725. The van der Waals surface area contributed by atoms with E-state index in [1.54, 1.807) is 12.1 Å². The summed E-state index contributed by atoms with van der Waals surface area (Å²) >= 11 is 0. The Bertz CT molecular complexity index is 970. The van der Waals surface area contributed by atoms with Crippen LogP contribution in [-0.2, 0) is 11.3 Å². The Kier molecular flexibility index (Phi) is 5.31. The molecule has 8 heteroatoms. The molecule has 2 heterocycles. The minimum Gasteiger partial charge on any atom is -0.435 e. The van der Waals surface area contributed by atoms with Crippen molar-refractivity contribution in [3.63, 3.8) is 0 Å². The molecule has 0 amide bonds. The lowest BCUT2D eigenvalue weighted by molar-refractivity contribution is -0.0509. The molecule has 146 valence electrons. The smallest absolute Gasteiger partial charge is 0.387 e. The topological polar surface area (TPSA) is 73.5 Å². The van der Waals surface area contributed by atoms with Gasteiger partial charge in [0.25, 0.3) is 0 Å². The summed E-state index contributed by atoms with van der Waals surface area (Å²) < 4.78 is 35.2. The highest BCUT2D eigenvalue weighted by Gasteiger charge is 2.23. The highest BCUT2D eigenvalue weighted by molar-refractivity contribution is 5.87. The number of hydrogen-bond donors (Lipinski definition) is 1. The second-order valence-corrected chi connectivity index (χ2v) is 6.59. The molecule has 4 rings (SSSR count). The predicted octanol–water partition coefficient (Wildman–Crippen LogP) is 3.39. The Hall–Kier alpha value is -2.84. The van der Waals surface area contributed by atoms with Crippen LogP contribution in [-0.4, -0.2) is 41.2 Å². The lowest BCUT2D eigenvalue weighted by Gasteiger charge is -2.32. The zero-order valence-electron chi connectivity index (χ0n) is 15.1. The first kappa shape index (κ1) is 18.5. The van der Waals surface area contributed by atoms with E-state index in [2.05, 4.69) is 19.6 Å². The first-order chi connectivity index (χ1) is 13.6. The van der Waals surface area contributed by atoms with Gasteiger partial charge < -0.3 is 15.2 Å². The van der Waals surface area contributed by atoms with Crippen LogP contribution in [0.25, 0.3) is 10.9 Å². The molecule has 28 heavy (non-hydrogen) atoms. The summed E-state index contributed by atoms with van der Waals surface area (Å²) in [5.74, 6) is 1.23. The highest BCUT2D eigenvalue weighted by atomic mass is 19.3. The molecule has 2 N–H and O–H groups in total. The van der Waals surface area contributed by atoms with Gasteiger partial charge in [-0.15, -0.1) is 0 Å². The Labute approximate surface area is 160 Å². The third-order valence-corrected chi connectivity index (χ3v) is 4.65. The Balaban J connectivity index is 1.49. The third kappa shape index (κ3) is 4.18. The standard InChI is InChI=1S/C20H20F2N4O2/c21-20(22)28-14-5-3-4-13(10-14)17-11-26(8-9-27-17)12-18-24-16-7-2-1-6-15(16)19(23)25-18/h1-7,10,17,20H,8-9,11-12H2,(H2,23,24,25). The van der Waals surface area contributed by atoms with Gasteiger partial charge in [0.05, 0.1) is 24.8 Å². The first-order valence-electron chi connectivity index (χ1n) is 8.98. The molecule has 3 aromatic rings. The third-order valence-electron chi connectivity index (χ3n) is 4.65. The number of ether oxygens (including phenoxy) is 2. The van der Waals surface area contributed by atoms with Gasteiger partial charge in [0.1, 0.15) is 17.4 Å². The maximum absolute atomic E-state index is 12.5. The van der Waals surface area contributed by atoms with Crippen LogP contribution in [0.15, 0.2) is 48.5 Å². The normalized spacial score (nSPS) is 17.9. The molecule has 0 spiro atoms. The van der Waals surface area contributed by atoms with Crippen LogP contribution in [0.5, 0.6) is 5.75 Å². The molecular weight excluding hydrogens is 366 g/mol. The van der Waals surface area contributed by atoms with Gasteiger partial charge in [0.15, 0.2) is 0 Å². The fraction of sp³-hybridized carbons (Fsp3) is 0.300. The van der Waals surface area contributed by atoms with E-state index in [-0.39, 0.29) is 11.9 Å². The molecule has 6 nitrogen and oxygen atoms in total. The van der Waals surface area contributed by atoms with Crippen molar-refractivity contribution in [2.24, 2.45) is 0 Å². The van der Waals surface area contributed by atoms with Crippen LogP contribution < -0.4 is 10.5 Å². The van der Waals surface area contributed by atoms with Crippen molar-refractivity contribution in [3.05, 3.63) is 59.9 Å². The number of alkyl halides is 2. The number of nitrogen functional groups attached to an aromatic ring is 1. The molecule has 1 atom stereocenters. The minimum atomic E-state index is -2.85. The number of nitrogens with two attached hydrogens (primary N) is 1. The molecule has 1 saturated heterocycles. The summed E-state index contributed by atoms with van der Waals surface area (Å²) in [7, 11) is 0. The van der Waals surface area contributed by atoms with E-state index >= 15 is 0 Å². The van der Waals surface area contributed by atoms with E-state index < -0.39 is 6.61 Å². The van der Waals surface area contributed by atoms with Crippen molar-refractivity contribution in [1.29, 1.82) is 0 Å². The Morgan fingerprint density at radius 1 is 1.18 bits per heavy atom. The van der Waals surface area contributed by atoms with Crippen LogP contribution in [0, 0.1) is 0 Å². The first-order valence-corrected chi connectivity index (χ1v) is 8.98. The molecule has 1 aliphatic rings. The number of fused-ring (bicyclic) bond motifs is 1. The van der Waals surface area contributed by atoms with Crippen LogP contribution in [0.3, 0.4) is 0 Å². The van der Waals surface area contributed by atoms with Crippen molar-refractivity contribution in [3.8, 4) is 5.75 Å². The number of rotatable bonds is 5. The van der Waals surface area contributed by atoms with Crippen LogP contribution >= 0.6 is 0 Å². The molecule has 1 unspecified atom stereocenters. The van der Waals surface area contributed by atoms with Crippen molar-refractivity contribution >= 4 is 16.7 Å². The molecule has 0 radical (unpaired) electrons. The fourth-order valence-corrected chi connectivity index (χ4v) is 3.36. The second kappa shape index (κ2) is 8.04.